The van der Waals surface area contributed by atoms with E-state index in [-0.39, 0.29) is 5.56 Å². The monoisotopic (exact) mass is 264 g/mol. The van der Waals surface area contributed by atoms with E-state index in [1.165, 1.54) is 0 Å². The van der Waals surface area contributed by atoms with Crippen LogP contribution in [0.3, 0.4) is 0 Å². The summed E-state index contributed by atoms with van der Waals surface area (Å²) < 4.78 is 0. The van der Waals surface area contributed by atoms with Gasteiger partial charge in [-0.2, -0.15) is 0 Å². The molecule has 0 saturated carbocycles. The fourth-order valence-electron chi connectivity index (χ4n) is 2.59. The van der Waals surface area contributed by atoms with Crippen LogP contribution in [-0.2, 0) is 6.42 Å². The number of aryl methyl sites for hydroxylation is 1. The van der Waals surface area contributed by atoms with Crippen LogP contribution < -0.4 is 15.8 Å². The zero-order valence-electron chi connectivity index (χ0n) is 12.1. The second-order valence-corrected chi connectivity index (χ2v) is 5.13. The molecule has 5 nitrogen and oxygen atoms in total. The van der Waals surface area contributed by atoms with Crippen molar-refractivity contribution in [3.63, 3.8) is 0 Å². The number of anilines is 1. The summed E-state index contributed by atoms with van der Waals surface area (Å²) in [4.78, 5) is 21.4. The summed E-state index contributed by atoms with van der Waals surface area (Å²) in [6.07, 6.45) is 2.90. The molecule has 0 spiro atoms. The summed E-state index contributed by atoms with van der Waals surface area (Å²) in [7, 11) is 0. The Morgan fingerprint density at radius 1 is 1.37 bits per heavy atom. The molecule has 0 bridgehead atoms. The number of aromatic amines is 1. The maximum atomic E-state index is 11.7. The van der Waals surface area contributed by atoms with Crippen molar-refractivity contribution in [1.82, 2.24) is 15.3 Å². The summed E-state index contributed by atoms with van der Waals surface area (Å²) in [5.74, 6) is 1.59. The van der Waals surface area contributed by atoms with Crippen molar-refractivity contribution >= 4 is 5.82 Å². The van der Waals surface area contributed by atoms with Gasteiger partial charge in [0.1, 0.15) is 11.6 Å². The molecule has 106 valence electrons. The minimum atomic E-state index is -0.0525. The minimum absolute atomic E-state index is 0.0525. The highest BCUT2D eigenvalue weighted by Gasteiger charge is 2.27. The third-order valence-corrected chi connectivity index (χ3v) is 3.87. The standard InChI is InChI=1S/C14H24N4O/c1-4-10-9-18(11(5-2)8-15-10)13-7-14(19)17-12(6-3)16-13/h7,10-11,15H,4-6,8-9H2,1-3H3,(H,16,17,19). The van der Waals surface area contributed by atoms with Crippen molar-refractivity contribution in [2.75, 3.05) is 18.0 Å². The molecule has 0 radical (unpaired) electrons. The van der Waals surface area contributed by atoms with Gasteiger partial charge >= 0.3 is 0 Å². The molecule has 2 heterocycles. The molecule has 2 rings (SSSR count). The van der Waals surface area contributed by atoms with E-state index in [1.807, 2.05) is 6.92 Å². The Labute approximate surface area is 114 Å². The first-order valence-corrected chi connectivity index (χ1v) is 7.28. The first-order valence-electron chi connectivity index (χ1n) is 7.28. The molecule has 0 aliphatic carbocycles. The number of nitrogens with zero attached hydrogens (tertiary/aromatic N) is 2. The van der Waals surface area contributed by atoms with Crippen LogP contribution in [0.1, 0.15) is 39.4 Å². The third kappa shape index (κ3) is 3.15. The van der Waals surface area contributed by atoms with E-state index >= 15 is 0 Å². The molecule has 19 heavy (non-hydrogen) atoms. The van der Waals surface area contributed by atoms with Crippen molar-refractivity contribution in [3.8, 4) is 0 Å². The zero-order valence-corrected chi connectivity index (χ0v) is 12.1. The summed E-state index contributed by atoms with van der Waals surface area (Å²) in [6.45, 7) is 8.26. The zero-order chi connectivity index (χ0) is 13.8. The maximum absolute atomic E-state index is 11.7. The highest BCUT2D eigenvalue weighted by molar-refractivity contribution is 5.40. The lowest BCUT2D eigenvalue weighted by molar-refractivity contribution is 0.376. The van der Waals surface area contributed by atoms with Crippen LogP contribution in [0.25, 0.3) is 0 Å². The van der Waals surface area contributed by atoms with E-state index in [2.05, 4.69) is 34.0 Å². The maximum Gasteiger partial charge on any atom is 0.252 e. The molecule has 1 aromatic heterocycles. The Morgan fingerprint density at radius 2 is 2.16 bits per heavy atom. The van der Waals surface area contributed by atoms with E-state index in [9.17, 15) is 4.79 Å². The van der Waals surface area contributed by atoms with Gasteiger partial charge in [-0.1, -0.05) is 20.8 Å². The molecule has 2 atom stereocenters. The summed E-state index contributed by atoms with van der Waals surface area (Å²) in [5, 5.41) is 3.56. The Hall–Kier alpha value is -1.36. The van der Waals surface area contributed by atoms with Crippen LogP contribution in [0, 0.1) is 0 Å². The lowest BCUT2D eigenvalue weighted by Gasteiger charge is -2.40. The van der Waals surface area contributed by atoms with Crippen LogP contribution in [0.2, 0.25) is 0 Å². The van der Waals surface area contributed by atoms with E-state index in [4.69, 9.17) is 0 Å². The average Bonchev–Trinajstić information content (AvgIpc) is 2.45. The topological polar surface area (TPSA) is 61.0 Å². The Bertz CT molecular complexity index is 471. The lowest BCUT2D eigenvalue weighted by Crippen LogP contribution is -2.56. The van der Waals surface area contributed by atoms with Gasteiger partial charge in [0.25, 0.3) is 5.56 Å². The van der Waals surface area contributed by atoms with E-state index in [0.717, 1.165) is 44.0 Å². The van der Waals surface area contributed by atoms with Crippen LogP contribution in [0.4, 0.5) is 5.82 Å². The fraction of sp³-hybridized carbons (Fsp3) is 0.714. The molecule has 0 aromatic carbocycles. The summed E-state index contributed by atoms with van der Waals surface area (Å²) in [6, 6.07) is 2.52. The highest BCUT2D eigenvalue weighted by Crippen LogP contribution is 2.19. The van der Waals surface area contributed by atoms with Crippen molar-refractivity contribution in [2.24, 2.45) is 0 Å². The van der Waals surface area contributed by atoms with Gasteiger partial charge in [0, 0.05) is 37.7 Å². The fourth-order valence-corrected chi connectivity index (χ4v) is 2.59. The predicted octanol–water partition coefficient (Wildman–Crippen LogP) is 1.30. The van der Waals surface area contributed by atoms with E-state index < -0.39 is 0 Å². The van der Waals surface area contributed by atoms with Crippen LogP contribution in [-0.4, -0.2) is 35.1 Å². The van der Waals surface area contributed by atoms with Crippen molar-refractivity contribution < 1.29 is 0 Å². The van der Waals surface area contributed by atoms with Gasteiger partial charge in [-0.15, -0.1) is 0 Å². The SMILES string of the molecule is CCc1nc(N2CC(CC)NCC2CC)cc(=O)[nH]1. The van der Waals surface area contributed by atoms with Gasteiger partial charge in [0.2, 0.25) is 0 Å². The van der Waals surface area contributed by atoms with Crippen LogP contribution in [0.5, 0.6) is 0 Å². The molecule has 1 aliphatic rings. The molecule has 5 heteroatoms. The van der Waals surface area contributed by atoms with Gasteiger partial charge in [0.15, 0.2) is 0 Å². The van der Waals surface area contributed by atoms with Gasteiger partial charge in [0.05, 0.1) is 0 Å². The molecule has 1 fully saturated rings. The van der Waals surface area contributed by atoms with Gasteiger partial charge in [-0.05, 0) is 12.8 Å². The summed E-state index contributed by atoms with van der Waals surface area (Å²) >= 11 is 0. The molecule has 2 unspecified atom stereocenters. The van der Waals surface area contributed by atoms with Crippen molar-refractivity contribution in [1.29, 1.82) is 0 Å². The number of rotatable bonds is 4. The Kier molecular flexibility index (Phi) is 4.58. The molecular weight excluding hydrogens is 240 g/mol. The third-order valence-electron chi connectivity index (χ3n) is 3.87. The quantitative estimate of drug-likeness (QED) is 0.860. The number of H-pyrrole nitrogens is 1. The smallest absolute Gasteiger partial charge is 0.252 e. The van der Waals surface area contributed by atoms with Crippen molar-refractivity contribution in [2.45, 2.75) is 52.1 Å². The molecule has 1 aromatic rings. The second-order valence-electron chi connectivity index (χ2n) is 5.13. The van der Waals surface area contributed by atoms with Gasteiger partial charge in [-0.25, -0.2) is 4.98 Å². The van der Waals surface area contributed by atoms with Gasteiger partial charge in [-0.3, -0.25) is 4.79 Å². The minimum Gasteiger partial charge on any atom is -0.351 e. The highest BCUT2D eigenvalue weighted by atomic mass is 16.1. The number of nitrogens with one attached hydrogen (secondary N) is 2. The summed E-state index contributed by atoms with van der Waals surface area (Å²) in [5.41, 5.74) is -0.0525. The second kappa shape index (κ2) is 6.19. The van der Waals surface area contributed by atoms with E-state index in [0.29, 0.717) is 12.1 Å². The lowest BCUT2D eigenvalue weighted by atomic mass is 10.1. The number of piperazine rings is 1. The first-order chi connectivity index (χ1) is 9.17. The molecule has 0 amide bonds. The largest absolute Gasteiger partial charge is 0.351 e. The predicted molar refractivity (Wildman–Crippen MR) is 77.7 cm³/mol. The van der Waals surface area contributed by atoms with Gasteiger partial charge < -0.3 is 15.2 Å². The average molecular weight is 264 g/mol. The Balaban J connectivity index is 2.30. The number of aromatic nitrogens is 2. The number of hydrogen-bond donors (Lipinski definition) is 2. The molecule has 1 saturated heterocycles. The molecule has 2 N–H and O–H groups in total. The first kappa shape index (κ1) is 14.1. The molecular formula is C14H24N4O. The van der Waals surface area contributed by atoms with Crippen molar-refractivity contribution in [3.05, 3.63) is 22.2 Å². The molecule has 1 aliphatic heterocycles. The Morgan fingerprint density at radius 3 is 2.79 bits per heavy atom. The number of hydrogen-bond acceptors (Lipinski definition) is 4. The van der Waals surface area contributed by atoms with Crippen LogP contribution >= 0.6 is 0 Å². The van der Waals surface area contributed by atoms with Crippen LogP contribution in [0.15, 0.2) is 10.9 Å². The van der Waals surface area contributed by atoms with E-state index in [1.54, 1.807) is 6.07 Å². The normalized spacial score (nSPS) is 23.6.